The summed E-state index contributed by atoms with van der Waals surface area (Å²) >= 11 is 0. The van der Waals surface area contributed by atoms with E-state index in [0.717, 1.165) is 11.3 Å². The number of hydrogen-bond acceptors (Lipinski definition) is 1. The second-order valence-corrected chi connectivity index (χ2v) is 2.52. The molecule has 0 atom stereocenters. The molecule has 2 heteroatoms. The molecule has 0 spiro atoms. The van der Waals surface area contributed by atoms with Crippen LogP contribution < -0.4 is 4.74 Å². The molecule has 0 aliphatic carbocycles. The molecule has 1 aromatic rings. The van der Waals surface area contributed by atoms with E-state index in [1.807, 2.05) is 31.2 Å². The van der Waals surface area contributed by atoms with Crippen molar-refractivity contribution in [2.24, 2.45) is 0 Å². The van der Waals surface area contributed by atoms with Crippen LogP contribution in [0.25, 0.3) is 0 Å². The largest absolute Gasteiger partial charge is 0.494 e. The maximum atomic E-state index is 11.9. The number of alkyl halides is 1. The van der Waals surface area contributed by atoms with E-state index in [-0.39, 0.29) is 6.67 Å². The average molecular weight is 168 g/mol. The van der Waals surface area contributed by atoms with Gasteiger partial charge in [-0.1, -0.05) is 12.1 Å². The molecule has 0 amide bonds. The van der Waals surface area contributed by atoms with Gasteiger partial charge in [-0.15, -0.1) is 0 Å². The third-order valence-electron chi connectivity index (χ3n) is 1.62. The Hall–Kier alpha value is -1.05. The van der Waals surface area contributed by atoms with E-state index in [0.29, 0.717) is 13.0 Å². The molecule has 0 aliphatic rings. The standard InChI is InChI=1S/C10H13FO/c1-2-12-10-5-3-9(4-6-10)7-8-11/h3-6H,2,7-8H2,1H3. The molecule has 0 fully saturated rings. The van der Waals surface area contributed by atoms with Crippen LogP contribution in [-0.2, 0) is 6.42 Å². The SMILES string of the molecule is CCOc1ccc(CCF)cc1. The van der Waals surface area contributed by atoms with Crippen molar-refractivity contribution < 1.29 is 9.13 Å². The van der Waals surface area contributed by atoms with Gasteiger partial charge in [0.2, 0.25) is 0 Å². The van der Waals surface area contributed by atoms with E-state index in [2.05, 4.69) is 0 Å². The second kappa shape index (κ2) is 4.75. The van der Waals surface area contributed by atoms with Crippen LogP contribution in [-0.4, -0.2) is 13.3 Å². The van der Waals surface area contributed by atoms with Gasteiger partial charge in [-0.2, -0.15) is 0 Å². The van der Waals surface area contributed by atoms with E-state index in [4.69, 9.17) is 4.74 Å². The van der Waals surface area contributed by atoms with Gasteiger partial charge < -0.3 is 4.74 Å². The highest BCUT2D eigenvalue weighted by Gasteiger charge is 1.93. The maximum absolute atomic E-state index is 11.9. The molecule has 0 saturated heterocycles. The van der Waals surface area contributed by atoms with Crippen molar-refractivity contribution in [2.45, 2.75) is 13.3 Å². The minimum Gasteiger partial charge on any atom is -0.494 e. The van der Waals surface area contributed by atoms with Crippen LogP contribution in [0, 0.1) is 0 Å². The van der Waals surface area contributed by atoms with Gasteiger partial charge in [0.05, 0.1) is 13.3 Å². The molecular formula is C10H13FO. The first-order valence-electron chi connectivity index (χ1n) is 4.14. The molecular weight excluding hydrogens is 155 g/mol. The monoisotopic (exact) mass is 168 g/mol. The zero-order chi connectivity index (χ0) is 8.81. The molecule has 0 aromatic heterocycles. The van der Waals surface area contributed by atoms with Crippen molar-refractivity contribution in [1.82, 2.24) is 0 Å². The molecule has 1 nitrogen and oxygen atoms in total. The molecule has 0 N–H and O–H groups in total. The fourth-order valence-electron chi connectivity index (χ4n) is 1.03. The summed E-state index contributed by atoms with van der Waals surface area (Å²) in [4.78, 5) is 0. The highest BCUT2D eigenvalue weighted by molar-refractivity contribution is 5.27. The Morgan fingerprint density at radius 3 is 2.42 bits per heavy atom. The summed E-state index contributed by atoms with van der Waals surface area (Å²) in [5.74, 6) is 0.847. The Bertz CT molecular complexity index is 193. The summed E-state index contributed by atoms with van der Waals surface area (Å²) < 4.78 is 17.1. The third-order valence-corrected chi connectivity index (χ3v) is 1.62. The van der Waals surface area contributed by atoms with Crippen molar-refractivity contribution in [3.8, 4) is 5.75 Å². The summed E-state index contributed by atoms with van der Waals surface area (Å²) in [6.07, 6.45) is 0.492. The summed E-state index contributed by atoms with van der Waals surface area (Å²) in [5.41, 5.74) is 1.01. The summed E-state index contributed by atoms with van der Waals surface area (Å²) in [6.45, 7) is 2.31. The molecule has 1 aromatic carbocycles. The van der Waals surface area contributed by atoms with Crippen LogP contribution in [0.1, 0.15) is 12.5 Å². The smallest absolute Gasteiger partial charge is 0.119 e. The van der Waals surface area contributed by atoms with Crippen LogP contribution >= 0.6 is 0 Å². The summed E-state index contributed by atoms with van der Waals surface area (Å²) in [7, 11) is 0. The maximum Gasteiger partial charge on any atom is 0.119 e. The van der Waals surface area contributed by atoms with E-state index in [1.54, 1.807) is 0 Å². The van der Waals surface area contributed by atoms with Gasteiger partial charge in [-0.3, -0.25) is 4.39 Å². The highest BCUT2D eigenvalue weighted by atomic mass is 19.1. The van der Waals surface area contributed by atoms with Gasteiger partial charge in [0, 0.05) is 6.42 Å². The lowest BCUT2D eigenvalue weighted by molar-refractivity contribution is 0.340. The van der Waals surface area contributed by atoms with E-state index < -0.39 is 0 Å². The van der Waals surface area contributed by atoms with Crippen molar-refractivity contribution in [3.63, 3.8) is 0 Å². The number of aryl methyl sites for hydroxylation is 1. The van der Waals surface area contributed by atoms with Crippen LogP contribution in [0.2, 0.25) is 0 Å². The van der Waals surface area contributed by atoms with Gasteiger partial charge in [-0.25, -0.2) is 0 Å². The lowest BCUT2D eigenvalue weighted by Gasteiger charge is -2.02. The minimum absolute atomic E-state index is 0.298. The minimum atomic E-state index is -0.298. The first kappa shape index (κ1) is 9.04. The molecule has 1 rings (SSSR count). The molecule has 66 valence electrons. The van der Waals surface area contributed by atoms with E-state index in [9.17, 15) is 4.39 Å². The van der Waals surface area contributed by atoms with Crippen molar-refractivity contribution in [1.29, 1.82) is 0 Å². The highest BCUT2D eigenvalue weighted by Crippen LogP contribution is 2.12. The molecule has 0 aliphatic heterocycles. The summed E-state index contributed by atoms with van der Waals surface area (Å²) in [6, 6.07) is 7.53. The number of hydrogen-bond donors (Lipinski definition) is 0. The summed E-state index contributed by atoms with van der Waals surface area (Å²) in [5, 5.41) is 0. The van der Waals surface area contributed by atoms with Crippen molar-refractivity contribution >= 4 is 0 Å². The molecule has 0 radical (unpaired) electrons. The number of ether oxygens (including phenoxy) is 1. The second-order valence-electron chi connectivity index (χ2n) is 2.52. The van der Waals surface area contributed by atoms with E-state index >= 15 is 0 Å². The Morgan fingerprint density at radius 1 is 1.25 bits per heavy atom. The van der Waals surface area contributed by atoms with E-state index in [1.165, 1.54) is 0 Å². The predicted molar refractivity (Wildman–Crippen MR) is 47.3 cm³/mol. The Kier molecular flexibility index (Phi) is 3.58. The normalized spacial score (nSPS) is 9.83. The van der Waals surface area contributed by atoms with Gasteiger partial charge in [0.1, 0.15) is 5.75 Å². The lowest BCUT2D eigenvalue weighted by Crippen LogP contribution is -1.92. The number of halogens is 1. The molecule has 0 saturated carbocycles. The van der Waals surface area contributed by atoms with Crippen LogP contribution in [0.5, 0.6) is 5.75 Å². The zero-order valence-corrected chi connectivity index (χ0v) is 7.22. The lowest BCUT2D eigenvalue weighted by atomic mass is 10.2. The zero-order valence-electron chi connectivity index (χ0n) is 7.22. The third kappa shape index (κ3) is 2.53. The Labute approximate surface area is 72.2 Å². The Balaban J connectivity index is 2.58. The van der Waals surface area contributed by atoms with Crippen molar-refractivity contribution in [3.05, 3.63) is 29.8 Å². The quantitative estimate of drug-likeness (QED) is 0.671. The van der Waals surface area contributed by atoms with Crippen molar-refractivity contribution in [2.75, 3.05) is 13.3 Å². The number of rotatable bonds is 4. The molecule has 0 heterocycles. The van der Waals surface area contributed by atoms with Gasteiger partial charge in [-0.05, 0) is 24.6 Å². The van der Waals surface area contributed by atoms with Crippen LogP contribution in [0.15, 0.2) is 24.3 Å². The van der Waals surface area contributed by atoms with Crippen LogP contribution in [0.3, 0.4) is 0 Å². The molecule has 12 heavy (non-hydrogen) atoms. The predicted octanol–water partition coefficient (Wildman–Crippen LogP) is 2.60. The Morgan fingerprint density at radius 2 is 1.92 bits per heavy atom. The molecule has 0 bridgehead atoms. The first-order chi connectivity index (χ1) is 5.86. The topological polar surface area (TPSA) is 9.23 Å². The fraction of sp³-hybridized carbons (Fsp3) is 0.400. The average Bonchev–Trinajstić information content (AvgIpc) is 2.09. The van der Waals surface area contributed by atoms with Gasteiger partial charge >= 0.3 is 0 Å². The fourth-order valence-corrected chi connectivity index (χ4v) is 1.03. The van der Waals surface area contributed by atoms with Gasteiger partial charge in [0.25, 0.3) is 0 Å². The van der Waals surface area contributed by atoms with Crippen LogP contribution in [0.4, 0.5) is 4.39 Å². The number of benzene rings is 1. The molecule has 0 unspecified atom stereocenters. The van der Waals surface area contributed by atoms with Gasteiger partial charge in [0.15, 0.2) is 0 Å². The first-order valence-corrected chi connectivity index (χ1v) is 4.14.